The molecule has 11 heteroatoms. The molecule has 0 aliphatic rings. The molecule has 2 amide bonds. The largest absolute Gasteiger partial charge is 0.676 e. The van der Waals surface area contributed by atoms with Crippen molar-refractivity contribution in [2.45, 2.75) is 52.1 Å². The Labute approximate surface area is 270 Å². The van der Waals surface area contributed by atoms with Gasteiger partial charge in [-0.1, -0.05) is 61.5 Å². The molecule has 0 saturated carbocycles. The van der Waals surface area contributed by atoms with Gasteiger partial charge in [-0.05, 0) is 60.7 Å². The molecule has 0 aliphatic heterocycles. The van der Waals surface area contributed by atoms with Gasteiger partial charge in [-0.2, -0.15) is 0 Å². The molecule has 1 aromatic heterocycles. The van der Waals surface area contributed by atoms with Crippen LogP contribution in [0.15, 0.2) is 79.1 Å². The monoisotopic (exact) mass is 790 g/mol. The predicted molar refractivity (Wildman–Crippen MR) is 167 cm³/mol. The Balaban J connectivity index is 0.00000142. The van der Waals surface area contributed by atoms with Crippen LogP contribution in [0, 0.1) is 5.92 Å². The van der Waals surface area contributed by atoms with Gasteiger partial charge in [-0.3, -0.25) is 19.4 Å². The number of benzene rings is 2. The number of hydrogen-bond donors (Lipinski definition) is 3. The van der Waals surface area contributed by atoms with Crippen molar-refractivity contribution >= 4 is 27.2 Å². The smallest absolute Gasteiger partial charge is 0.0268 e. The number of pyridine rings is 1. The van der Waals surface area contributed by atoms with Gasteiger partial charge in [-0.15, -0.1) is 6.54 Å². The van der Waals surface area contributed by atoms with Crippen molar-refractivity contribution in [1.82, 2.24) is 15.6 Å². The normalized spacial score (nSPS) is 11.4. The van der Waals surface area contributed by atoms with E-state index in [-0.39, 0.29) is 42.6 Å². The van der Waals surface area contributed by atoms with Crippen molar-refractivity contribution in [2.75, 3.05) is 19.7 Å². The summed E-state index contributed by atoms with van der Waals surface area (Å²) in [6, 6.07) is 21.7. The fourth-order valence-corrected chi connectivity index (χ4v) is 4.07. The third-order valence-electron chi connectivity index (χ3n) is 6.20. The number of nitrogens with zero attached hydrogens (tertiary/aromatic N) is 1. The molecule has 1 unspecified atom stereocenters. The summed E-state index contributed by atoms with van der Waals surface area (Å²) in [5, 5.41) is 5.85. The first-order valence-corrected chi connectivity index (χ1v) is 16.9. The molecular formula is C32H42ClN5O4Pt. The summed E-state index contributed by atoms with van der Waals surface area (Å²) in [5.41, 5.74) is 15.4. The molecule has 3 aromatic rings. The predicted octanol–water partition coefficient (Wildman–Crippen LogP) is 5.15. The zero-order chi connectivity index (χ0) is 31.9. The zero-order valence-corrected chi connectivity index (χ0v) is 27.7. The second-order valence-corrected chi connectivity index (χ2v) is 9.59. The number of rotatable bonds is 14. The van der Waals surface area contributed by atoms with E-state index >= 15 is 0 Å². The Morgan fingerprint density at radius 1 is 0.930 bits per heavy atom. The number of halogens is 1. The number of aromatic nitrogens is 1. The first-order chi connectivity index (χ1) is 20.9. The molecule has 0 spiro atoms. The number of ether oxygens (including phenoxy) is 1. The fraction of sp³-hybridized carbons (Fsp3) is 0.375. The first kappa shape index (κ1) is 37.9. The van der Waals surface area contributed by atoms with E-state index in [1.54, 1.807) is 38.1 Å². The summed E-state index contributed by atoms with van der Waals surface area (Å²) in [7, 11) is 4.61. The van der Waals surface area contributed by atoms with Gasteiger partial charge in [0.15, 0.2) is 0 Å². The summed E-state index contributed by atoms with van der Waals surface area (Å²) in [6.07, 6.45) is 4.50. The number of nitrogens with two attached hydrogens (primary N) is 1. The van der Waals surface area contributed by atoms with Gasteiger partial charge < -0.3 is 26.8 Å². The van der Waals surface area contributed by atoms with Crippen LogP contribution in [0.2, 0.25) is 0 Å². The Morgan fingerprint density at radius 2 is 1.51 bits per heavy atom. The van der Waals surface area contributed by atoms with Crippen molar-refractivity contribution < 1.29 is 37.9 Å². The number of esters is 1. The van der Waals surface area contributed by atoms with Crippen LogP contribution in [-0.2, 0) is 50.9 Å². The van der Waals surface area contributed by atoms with E-state index in [1.165, 1.54) is 0 Å². The zero-order valence-electron chi connectivity index (χ0n) is 24.7. The number of amides is 2. The molecule has 0 aliphatic carbocycles. The average molecular weight is 791 g/mol. The van der Waals surface area contributed by atoms with E-state index in [4.69, 9.17) is 16.2 Å². The van der Waals surface area contributed by atoms with Gasteiger partial charge in [0.2, 0.25) is 11.8 Å². The third kappa shape index (κ3) is 16.4. The molecular weight excluding hydrogens is 749 g/mol. The fourth-order valence-electron chi connectivity index (χ4n) is 4.07. The number of hydrogen-bond acceptors (Lipinski definition) is 6. The minimum atomic E-state index is -0.363. The van der Waals surface area contributed by atoms with Gasteiger partial charge in [0, 0.05) is 37.8 Å². The third-order valence-corrected chi connectivity index (χ3v) is 6.20. The summed E-state index contributed by atoms with van der Waals surface area (Å²) >= 11 is 1.61. The molecule has 0 fully saturated rings. The summed E-state index contributed by atoms with van der Waals surface area (Å²) in [6.45, 7) is 5.12. The second kappa shape index (κ2) is 23.4. The van der Waals surface area contributed by atoms with Gasteiger partial charge in [-0.25, -0.2) is 0 Å². The van der Waals surface area contributed by atoms with Crippen molar-refractivity contribution in [2.24, 2.45) is 11.7 Å². The molecule has 5 N–H and O–H groups in total. The van der Waals surface area contributed by atoms with Gasteiger partial charge in [0.25, 0.3) is 0 Å². The molecule has 9 nitrogen and oxygen atoms in total. The Morgan fingerprint density at radius 3 is 2.09 bits per heavy atom. The molecule has 236 valence electrons. The summed E-state index contributed by atoms with van der Waals surface area (Å²) < 4.78 is 5.16. The molecule has 0 radical (unpaired) electrons. The number of nitrogens with one attached hydrogen (secondary N) is 3. The van der Waals surface area contributed by atoms with E-state index in [0.717, 1.165) is 22.3 Å². The summed E-state index contributed by atoms with van der Waals surface area (Å²) in [4.78, 5) is 41.1. The van der Waals surface area contributed by atoms with E-state index in [0.29, 0.717) is 39.1 Å². The average Bonchev–Trinajstić information content (AvgIpc) is 3.05. The van der Waals surface area contributed by atoms with E-state index < -0.39 is 0 Å². The summed E-state index contributed by atoms with van der Waals surface area (Å²) in [5.74, 6) is -1.06. The Hall–Kier alpha value is -3.10. The maximum atomic E-state index is 12.7. The van der Waals surface area contributed by atoms with Crippen LogP contribution in [0.3, 0.4) is 0 Å². The molecule has 43 heavy (non-hydrogen) atoms. The minimum absolute atomic E-state index is 0.0689. The molecule has 1 heterocycles. The van der Waals surface area contributed by atoms with Crippen LogP contribution in [0.4, 0.5) is 0 Å². The number of carbonyl (C=O) groups is 3. The van der Waals surface area contributed by atoms with E-state index in [1.807, 2.05) is 49.4 Å². The second-order valence-electron chi connectivity index (χ2n) is 9.59. The Kier molecular flexibility index (Phi) is 20.6. The standard InChI is InChI=1S/C30H35N3O4.C2H7N2.ClH.Pt/c1-3-37-30(36)22(2)19-27(20-23-9-11-26(12-10-23)25-7-5-4-6-8-25)33-29(35)14-13-28(34)32-21-24-15-17-31-18-16-24;3-1-2-4;;/h4-12,15-18,22,27H,3,13-14,19-21H2,1-2H3,(H,32,34)(H,33,35);3H,1-2,4H2;1H;/q;-1;;+2/p-1/t22?,27-;;;/m0.../s1. The first-order valence-electron chi connectivity index (χ1n) is 14.1. The van der Waals surface area contributed by atoms with Crippen molar-refractivity contribution in [1.29, 1.82) is 0 Å². The molecule has 3 rings (SSSR count). The molecule has 2 atom stereocenters. The van der Waals surface area contributed by atoms with E-state index in [2.05, 4.69) is 49.3 Å². The van der Waals surface area contributed by atoms with Crippen LogP contribution in [0.25, 0.3) is 16.9 Å². The SMILES string of the molecule is CCOC(=O)C(C)C[C@@H](Cc1ccc(-c2ccccc2)cc1)NC(=O)CCC(=O)NCc1ccncc1.[Cl][Pt+].[NH-]CCN. The van der Waals surface area contributed by atoms with E-state index in [9.17, 15) is 14.4 Å². The minimum Gasteiger partial charge on any atom is -0.676 e. The van der Waals surface area contributed by atoms with Crippen LogP contribution < -0.4 is 16.4 Å². The van der Waals surface area contributed by atoms with Gasteiger partial charge in [0.05, 0.1) is 12.5 Å². The van der Waals surface area contributed by atoms with Crippen molar-refractivity contribution in [3.8, 4) is 11.1 Å². The van der Waals surface area contributed by atoms with Crippen molar-refractivity contribution in [3.05, 3.63) is 96.0 Å². The Bertz CT molecular complexity index is 1190. The van der Waals surface area contributed by atoms with Crippen LogP contribution in [-0.4, -0.2) is 48.5 Å². The van der Waals surface area contributed by atoms with Gasteiger partial charge in [0.1, 0.15) is 0 Å². The van der Waals surface area contributed by atoms with Crippen LogP contribution in [0.1, 0.15) is 44.2 Å². The molecule has 0 bridgehead atoms. The van der Waals surface area contributed by atoms with Crippen LogP contribution in [0.5, 0.6) is 0 Å². The number of carbonyl (C=O) groups excluding carboxylic acids is 3. The van der Waals surface area contributed by atoms with Crippen LogP contribution >= 0.6 is 9.42 Å². The quantitative estimate of drug-likeness (QED) is 0.193. The topological polar surface area (TPSA) is 147 Å². The van der Waals surface area contributed by atoms with Gasteiger partial charge >= 0.3 is 34.2 Å². The maximum Gasteiger partial charge on any atom is -0.0268 e. The maximum absolute atomic E-state index is 12.7. The molecule has 0 saturated heterocycles. The molecule has 2 aromatic carbocycles. The van der Waals surface area contributed by atoms with Crippen molar-refractivity contribution in [3.63, 3.8) is 0 Å².